The van der Waals surface area contributed by atoms with E-state index in [0.717, 1.165) is 60.4 Å². The highest BCUT2D eigenvalue weighted by atomic mass is 32.2. The number of piperidine rings is 1. The van der Waals surface area contributed by atoms with E-state index in [0.29, 0.717) is 12.8 Å². The molecule has 7 heteroatoms. The molecule has 0 unspecified atom stereocenters. The van der Waals surface area contributed by atoms with Gasteiger partial charge < -0.3 is 19.7 Å². The molecule has 174 valence electrons. The second-order valence-corrected chi connectivity index (χ2v) is 13.6. The van der Waals surface area contributed by atoms with E-state index in [1.807, 2.05) is 29.6 Å². The zero-order valence-electron chi connectivity index (χ0n) is 18.7. The third-order valence-corrected chi connectivity index (χ3v) is 12.6. The molecule has 1 aromatic carbocycles. The van der Waals surface area contributed by atoms with Gasteiger partial charge in [0.2, 0.25) is 0 Å². The molecule has 6 aliphatic rings. The van der Waals surface area contributed by atoms with Crippen molar-refractivity contribution in [3.63, 3.8) is 0 Å². The van der Waals surface area contributed by atoms with E-state index in [1.165, 1.54) is 24.8 Å². The number of rotatable bonds is 4. The van der Waals surface area contributed by atoms with E-state index in [2.05, 4.69) is 11.0 Å². The molecule has 3 heterocycles. The Morgan fingerprint density at radius 3 is 2.72 bits per heavy atom. The molecule has 0 radical (unpaired) electrons. The van der Waals surface area contributed by atoms with Gasteiger partial charge in [-0.25, -0.2) is 0 Å². The quantitative estimate of drug-likeness (QED) is 0.694. The first-order chi connectivity index (χ1) is 15.5. The Hall–Kier alpha value is -0.600. The molecule has 0 aromatic heterocycles. The van der Waals surface area contributed by atoms with Crippen molar-refractivity contribution in [2.75, 3.05) is 31.7 Å². The Kier molecular flexibility index (Phi) is 4.52. The van der Waals surface area contributed by atoms with Crippen LogP contribution in [-0.2, 0) is 11.8 Å². The smallest absolute Gasteiger partial charge is 0.166 e. The minimum absolute atomic E-state index is 0.0915. The maximum Gasteiger partial charge on any atom is 0.166 e. The van der Waals surface area contributed by atoms with Crippen molar-refractivity contribution in [1.82, 2.24) is 4.90 Å². The Morgan fingerprint density at radius 1 is 1.16 bits per heavy atom. The average Bonchev–Trinajstić information content (AvgIpc) is 3.55. The fraction of sp³-hybridized carbons (Fsp3) is 0.760. The predicted molar refractivity (Wildman–Crippen MR) is 128 cm³/mol. The molecule has 3 aliphatic carbocycles. The van der Waals surface area contributed by atoms with E-state index in [-0.39, 0.29) is 10.6 Å². The van der Waals surface area contributed by atoms with Gasteiger partial charge in [0.1, 0.15) is 11.7 Å². The zero-order valence-corrected chi connectivity index (χ0v) is 20.3. The van der Waals surface area contributed by atoms with Crippen LogP contribution in [0.3, 0.4) is 0 Å². The van der Waals surface area contributed by atoms with Gasteiger partial charge in [-0.05, 0) is 80.5 Å². The van der Waals surface area contributed by atoms with Crippen molar-refractivity contribution in [2.24, 2.45) is 5.92 Å². The largest absolute Gasteiger partial charge is 0.493 e. The van der Waals surface area contributed by atoms with Gasteiger partial charge in [-0.1, -0.05) is 6.07 Å². The number of thioether (sulfide) groups is 2. The van der Waals surface area contributed by atoms with Crippen molar-refractivity contribution in [3.8, 4) is 11.5 Å². The Bertz CT molecular complexity index is 950. The zero-order chi connectivity index (χ0) is 21.7. The predicted octanol–water partition coefficient (Wildman–Crippen LogP) is 3.19. The lowest BCUT2D eigenvalue weighted by molar-refractivity contribution is -0.231. The molecule has 1 aromatic rings. The van der Waals surface area contributed by atoms with Gasteiger partial charge >= 0.3 is 0 Å². The molecule has 5 nitrogen and oxygen atoms in total. The standard InChI is InChI=1S/C25H33NO4S2/c1-29-17-6-5-16-13-18-25(28)8-7-24(27,22-31-11-2-12-32-22)21-23(25,19(16)20(17)30-21)9-10-26(18)14-15-3-4-15/h5-6,15,18,21-22,27-28H,2-4,7-14H2,1H3/t18-,21-,23+,24+,25-/m1/s1. The number of likely N-dealkylation sites (tertiary alicyclic amines) is 1. The second-order valence-electron chi connectivity index (χ2n) is 10.9. The van der Waals surface area contributed by atoms with Crippen LogP contribution in [0.2, 0.25) is 0 Å². The van der Waals surface area contributed by atoms with E-state index in [1.54, 1.807) is 7.11 Å². The highest BCUT2D eigenvalue weighted by Crippen LogP contribution is 2.68. The summed E-state index contributed by atoms with van der Waals surface area (Å²) in [5.41, 5.74) is 0.0539. The van der Waals surface area contributed by atoms with Crippen molar-refractivity contribution < 1.29 is 19.7 Å². The van der Waals surface area contributed by atoms with Gasteiger partial charge in [-0.2, -0.15) is 0 Å². The molecule has 2 saturated carbocycles. The second kappa shape index (κ2) is 6.97. The summed E-state index contributed by atoms with van der Waals surface area (Å²) in [4.78, 5) is 2.58. The molecule has 3 aliphatic heterocycles. The van der Waals surface area contributed by atoms with Gasteiger partial charge in [-0.3, -0.25) is 4.90 Å². The molecule has 0 amide bonds. The van der Waals surface area contributed by atoms with Crippen LogP contribution in [-0.4, -0.2) is 74.7 Å². The molecule has 2 saturated heterocycles. The summed E-state index contributed by atoms with van der Waals surface area (Å²) in [5.74, 6) is 4.49. The summed E-state index contributed by atoms with van der Waals surface area (Å²) >= 11 is 3.77. The first-order valence-corrected chi connectivity index (χ1v) is 14.4. The van der Waals surface area contributed by atoms with Crippen LogP contribution in [0.25, 0.3) is 0 Å². The summed E-state index contributed by atoms with van der Waals surface area (Å²) < 4.78 is 12.6. The first-order valence-electron chi connectivity index (χ1n) is 12.3. The normalized spacial score (nSPS) is 43.0. The van der Waals surface area contributed by atoms with E-state index in [4.69, 9.17) is 9.47 Å². The number of ether oxygens (including phenoxy) is 2. The highest BCUT2D eigenvalue weighted by Gasteiger charge is 2.76. The summed E-state index contributed by atoms with van der Waals surface area (Å²) in [5, 5.41) is 25.0. The van der Waals surface area contributed by atoms with Gasteiger partial charge in [0.05, 0.1) is 22.7 Å². The van der Waals surface area contributed by atoms with Crippen LogP contribution in [0.1, 0.15) is 49.7 Å². The fourth-order valence-corrected chi connectivity index (χ4v) is 11.0. The van der Waals surface area contributed by atoms with Crippen molar-refractivity contribution in [3.05, 3.63) is 23.3 Å². The lowest BCUT2D eigenvalue weighted by atomic mass is 9.46. The highest BCUT2D eigenvalue weighted by molar-refractivity contribution is 8.17. The lowest BCUT2D eigenvalue weighted by Gasteiger charge is -2.66. The van der Waals surface area contributed by atoms with Gasteiger partial charge in [0.15, 0.2) is 11.5 Å². The fourth-order valence-electron chi connectivity index (χ4n) is 7.70. The number of nitrogens with zero attached hydrogens (tertiary/aromatic N) is 1. The first kappa shape index (κ1) is 20.7. The maximum atomic E-state index is 12.6. The number of hydrogen-bond donors (Lipinski definition) is 2. The van der Waals surface area contributed by atoms with Crippen molar-refractivity contribution in [2.45, 2.75) is 78.3 Å². The number of aliphatic hydroxyl groups is 2. The van der Waals surface area contributed by atoms with Crippen molar-refractivity contribution >= 4 is 23.5 Å². The average molecular weight is 476 g/mol. The molecular weight excluding hydrogens is 442 g/mol. The third kappa shape index (κ3) is 2.50. The number of benzene rings is 1. The monoisotopic (exact) mass is 475 g/mol. The SMILES string of the molecule is COc1ccc2c3c1O[C@H]1[C@](O)(C4SCCCS4)CC[C@@]4(O)[C@@H](C2)N(CC2CC2)CC[C@]314. The minimum atomic E-state index is -0.955. The minimum Gasteiger partial charge on any atom is -0.493 e. The maximum absolute atomic E-state index is 12.6. The molecule has 4 fully saturated rings. The molecule has 2 N–H and O–H groups in total. The molecule has 1 spiro atoms. The summed E-state index contributed by atoms with van der Waals surface area (Å²) in [6.45, 7) is 2.08. The van der Waals surface area contributed by atoms with E-state index >= 15 is 0 Å². The van der Waals surface area contributed by atoms with Crippen LogP contribution in [0.4, 0.5) is 0 Å². The molecular formula is C25H33NO4S2. The Balaban J connectivity index is 1.40. The summed E-state index contributed by atoms with van der Waals surface area (Å²) in [7, 11) is 1.69. The third-order valence-electron chi connectivity index (χ3n) is 9.31. The van der Waals surface area contributed by atoms with Gasteiger partial charge in [-0.15, -0.1) is 23.5 Å². The topological polar surface area (TPSA) is 62.2 Å². The van der Waals surface area contributed by atoms with Crippen LogP contribution >= 0.6 is 23.5 Å². The van der Waals surface area contributed by atoms with E-state index in [9.17, 15) is 10.2 Å². The molecule has 5 atom stereocenters. The van der Waals surface area contributed by atoms with E-state index < -0.39 is 22.7 Å². The van der Waals surface area contributed by atoms with Gasteiger partial charge in [0.25, 0.3) is 0 Å². The lowest BCUT2D eigenvalue weighted by Crippen LogP contribution is -2.80. The molecule has 32 heavy (non-hydrogen) atoms. The summed E-state index contributed by atoms with van der Waals surface area (Å²) in [6, 6.07) is 4.32. The van der Waals surface area contributed by atoms with Gasteiger partial charge in [0, 0.05) is 18.2 Å². The van der Waals surface area contributed by atoms with Crippen LogP contribution in [0.5, 0.6) is 11.5 Å². The molecule has 7 rings (SSSR count). The van der Waals surface area contributed by atoms with Crippen LogP contribution in [0, 0.1) is 5.92 Å². The Labute approximate surface area is 198 Å². The summed E-state index contributed by atoms with van der Waals surface area (Å²) in [6.07, 6.45) is 6.36. The van der Waals surface area contributed by atoms with Crippen molar-refractivity contribution in [1.29, 1.82) is 0 Å². The number of hydrogen-bond acceptors (Lipinski definition) is 7. The Morgan fingerprint density at radius 2 is 1.97 bits per heavy atom. The van der Waals surface area contributed by atoms with Crippen LogP contribution < -0.4 is 9.47 Å². The van der Waals surface area contributed by atoms with Crippen LogP contribution in [0.15, 0.2) is 12.1 Å². The number of methoxy groups -OCH3 is 1. The molecule has 2 bridgehead atoms.